The van der Waals surface area contributed by atoms with Crippen LogP contribution in [0.15, 0.2) is 6.33 Å². The quantitative estimate of drug-likeness (QED) is 0.579. The van der Waals surface area contributed by atoms with Crippen molar-refractivity contribution in [2.24, 2.45) is 11.8 Å². The second-order valence-corrected chi connectivity index (χ2v) is 5.17. The van der Waals surface area contributed by atoms with Crippen LogP contribution in [0.5, 0.6) is 0 Å². The number of nitrogens with zero attached hydrogens (tertiary/aromatic N) is 4. The zero-order valence-corrected chi connectivity index (χ0v) is 12.3. The van der Waals surface area contributed by atoms with E-state index in [2.05, 4.69) is 10.1 Å². The zero-order valence-electron chi connectivity index (χ0n) is 12.3. The molecule has 2 rings (SSSR count). The molecule has 1 aliphatic rings. The highest BCUT2D eigenvalue weighted by molar-refractivity contribution is 6.23. The van der Waals surface area contributed by atoms with Gasteiger partial charge in [0, 0.05) is 6.54 Å². The van der Waals surface area contributed by atoms with Crippen molar-refractivity contribution < 1.29 is 19.1 Å². The summed E-state index contributed by atoms with van der Waals surface area (Å²) < 4.78 is 5.81. The SMILES string of the molecule is CCOC(=O)C1C(=O)N(CCC(C)C)c2ncnn2C1=O. The number of anilines is 1. The van der Waals surface area contributed by atoms with Gasteiger partial charge in [-0.3, -0.25) is 19.3 Å². The van der Waals surface area contributed by atoms with E-state index in [-0.39, 0.29) is 12.6 Å². The maximum Gasteiger partial charge on any atom is 0.328 e. The molecular formula is C13H18N4O4. The maximum atomic E-state index is 12.4. The van der Waals surface area contributed by atoms with Gasteiger partial charge in [0.15, 0.2) is 0 Å². The topological polar surface area (TPSA) is 94.4 Å². The van der Waals surface area contributed by atoms with Crippen molar-refractivity contribution in [3.63, 3.8) is 0 Å². The second kappa shape index (κ2) is 6.02. The highest BCUT2D eigenvalue weighted by atomic mass is 16.5. The van der Waals surface area contributed by atoms with Gasteiger partial charge >= 0.3 is 5.97 Å². The Morgan fingerprint density at radius 2 is 2.10 bits per heavy atom. The molecule has 8 heteroatoms. The summed E-state index contributed by atoms with van der Waals surface area (Å²) in [5, 5.41) is 3.80. The van der Waals surface area contributed by atoms with Crippen molar-refractivity contribution in [2.75, 3.05) is 18.1 Å². The van der Waals surface area contributed by atoms with Gasteiger partial charge in [-0.1, -0.05) is 13.8 Å². The number of hydrogen-bond donors (Lipinski definition) is 0. The molecule has 1 aromatic rings. The van der Waals surface area contributed by atoms with E-state index < -0.39 is 23.7 Å². The molecule has 0 aromatic carbocycles. The Labute approximate surface area is 122 Å². The first-order chi connectivity index (χ1) is 9.97. The Morgan fingerprint density at radius 1 is 1.38 bits per heavy atom. The molecule has 1 amide bonds. The molecule has 21 heavy (non-hydrogen) atoms. The Bertz CT molecular complexity index is 566. The zero-order chi connectivity index (χ0) is 15.6. The predicted molar refractivity (Wildman–Crippen MR) is 72.6 cm³/mol. The fraction of sp³-hybridized carbons (Fsp3) is 0.615. The number of ether oxygens (including phenoxy) is 1. The number of amides is 1. The van der Waals surface area contributed by atoms with Crippen LogP contribution in [0.4, 0.5) is 5.95 Å². The molecule has 0 saturated heterocycles. The van der Waals surface area contributed by atoms with Crippen LogP contribution in [-0.4, -0.2) is 45.7 Å². The molecule has 1 aliphatic heterocycles. The Morgan fingerprint density at radius 3 is 2.71 bits per heavy atom. The lowest BCUT2D eigenvalue weighted by Crippen LogP contribution is -2.52. The standard InChI is InChI=1S/C13H18N4O4/c1-4-21-12(20)9-10(18)16(6-5-8(2)3)13-14-7-15-17(13)11(9)19/h7-9H,4-6H2,1-3H3. The van der Waals surface area contributed by atoms with E-state index >= 15 is 0 Å². The molecule has 114 valence electrons. The molecule has 0 N–H and O–H groups in total. The summed E-state index contributed by atoms with van der Waals surface area (Å²) >= 11 is 0. The smallest absolute Gasteiger partial charge is 0.328 e. The van der Waals surface area contributed by atoms with Crippen molar-refractivity contribution in [3.8, 4) is 0 Å². The van der Waals surface area contributed by atoms with Gasteiger partial charge in [-0.15, -0.1) is 0 Å². The first-order valence-corrected chi connectivity index (χ1v) is 6.89. The third kappa shape index (κ3) is 2.79. The van der Waals surface area contributed by atoms with E-state index in [1.54, 1.807) is 6.92 Å². The van der Waals surface area contributed by atoms with Crippen molar-refractivity contribution in [1.29, 1.82) is 0 Å². The van der Waals surface area contributed by atoms with E-state index in [0.717, 1.165) is 11.1 Å². The maximum absolute atomic E-state index is 12.4. The largest absolute Gasteiger partial charge is 0.465 e. The third-order valence-corrected chi connectivity index (χ3v) is 3.19. The number of rotatable bonds is 5. The molecule has 0 spiro atoms. The molecule has 2 heterocycles. The molecule has 1 atom stereocenters. The van der Waals surface area contributed by atoms with Crippen LogP contribution in [0.1, 0.15) is 32.0 Å². The summed E-state index contributed by atoms with van der Waals surface area (Å²) in [5.41, 5.74) is 0. The minimum absolute atomic E-state index is 0.103. The van der Waals surface area contributed by atoms with Crippen LogP contribution in [0.3, 0.4) is 0 Å². The number of aromatic nitrogens is 3. The molecule has 1 unspecified atom stereocenters. The number of carbonyl (C=O) groups excluding carboxylic acids is 3. The van der Waals surface area contributed by atoms with E-state index in [1.807, 2.05) is 13.8 Å². The lowest BCUT2D eigenvalue weighted by molar-refractivity contribution is -0.149. The van der Waals surface area contributed by atoms with Gasteiger partial charge in [0.1, 0.15) is 6.33 Å². The minimum atomic E-state index is -1.49. The lowest BCUT2D eigenvalue weighted by Gasteiger charge is -2.29. The highest BCUT2D eigenvalue weighted by Gasteiger charge is 2.46. The first-order valence-electron chi connectivity index (χ1n) is 6.89. The normalized spacial score (nSPS) is 18.1. The van der Waals surface area contributed by atoms with E-state index in [4.69, 9.17) is 4.74 Å². The van der Waals surface area contributed by atoms with Gasteiger partial charge in [-0.05, 0) is 19.3 Å². The van der Waals surface area contributed by atoms with Gasteiger partial charge in [0.25, 0.3) is 11.8 Å². The van der Waals surface area contributed by atoms with Crippen LogP contribution >= 0.6 is 0 Å². The molecule has 0 fully saturated rings. The van der Waals surface area contributed by atoms with E-state index in [9.17, 15) is 14.4 Å². The van der Waals surface area contributed by atoms with Crippen LogP contribution < -0.4 is 4.90 Å². The fourth-order valence-corrected chi connectivity index (χ4v) is 2.08. The Balaban J connectivity index is 2.33. The second-order valence-electron chi connectivity index (χ2n) is 5.17. The molecule has 0 saturated carbocycles. The third-order valence-electron chi connectivity index (χ3n) is 3.19. The first kappa shape index (κ1) is 15.1. The van der Waals surface area contributed by atoms with E-state index in [0.29, 0.717) is 12.5 Å². The Kier molecular flexibility index (Phi) is 4.35. The average Bonchev–Trinajstić information content (AvgIpc) is 2.88. The Hall–Kier alpha value is -2.25. The lowest BCUT2D eigenvalue weighted by atomic mass is 10.0. The van der Waals surface area contributed by atoms with Crippen LogP contribution in [-0.2, 0) is 14.3 Å². The number of carbonyl (C=O) groups is 3. The van der Waals surface area contributed by atoms with Gasteiger partial charge in [-0.25, -0.2) is 0 Å². The summed E-state index contributed by atoms with van der Waals surface area (Å²) in [5.74, 6) is -3.13. The van der Waals surface area contributed by atoms with Crippen LogP contribution in [0, 0.1) is 11.8 Å². The summed E-state index contributed by atoms with van der Waals surface area (Å²) in [7, 11) is 0. The van der Waals surface area contributed by atoms with Gasteiger partial charge in [0.05, 0.1) is 6.61 Å². The van der Waals surface area contributed by atoms with Gasteiger partial charge < -0.3 is 4.74 Å². The average molecular weight is 294 g/mol. The van der Waals surface area contributed by atoms with Crippen molar-refractivity contribution in [1.82, 2.24) is 14.8 Å². The molecule has 0 bridgehead atoms. The minimum Gasteiger partial charge on any atom is -0.465 e. The highest BCUT2D eigenvalue weighted by Crippen LogP contribution is 2.23. The van der Waals surface area contributed by atoms with Crippen LogP contribution in [0.25, 0.3) is 0 Å². The fourth-order valence-electron chi connectivity index (χ4n) is 2.08. The number of fused-ring (bicyclic) bond motifs is 1. The van der Waals surface area contributed by atoms with Crippen molar-refractivity contribution in [2.45, 2.75) is 27.2 Å². The predicted octanol–water partition coefficient (Wildman–Crippen LogP) is 0.490. The molecule has 1 aromatic heterocycles. The molecular weight excluding hydrogens is 276 g/mol. The van der Waals surface area contributed by atoms with E-state index in [1.165, 1.54) is 11.2 Å². The van der Waals surface area contributed by atoms with Crippen molar-refractivity contribution in [3.05, 3.63) is 6.33 Å². The molecule has 8 nitrogen and oxygen atoms in total. The number of hydrogen-bond acceptors (Lipinski definition) is 6. The molecule has 0 radical (unpaired) electrons. The number of esters is 1. The van der Waals surface area contributed by atoms with Gasteiger partial charge in [-0.2, -0.15) is 14.8 Å². The van der Waals surface area contributed by atoms with Crippen molar-refractivity contribution >= 4 is 23.7 Å². The molecule has 0 aliphatic carbocycles. The summed E-state index contributed by atoms with van der Waals surface area (Å²) in [6, 6.07) is 0. The summed E-state index contributed by atoms with van der Waals surface area (Å²) in [6.07, 6.45) is 1.92. The monoisotopic (exact) mass is 294 g/mol. The van der Waals surface area contributed by atoms with Crippen LogP contribution in [0.2, 0.25) is 0 Å². The summed E-state index contributed by atoms with van der Waals surface area (Å²) in [4.78, 5) is 41.8. The summed E-state index contributed by atoms with van der Waals surface area (Å²) in [6.45, 7) is 6.14. The van der Waals surface area contributed by atoms with Gasteiger partial charge in [0.2, 0.25) is 11.9 Å².